The summed E-state index contributed by atoms with van der Waals surface area (Å²) in [6, 6.07) is 15.6. The molecule has 0 aromatic heterocycles. The number of urea groups is 1. The molecular formula is C28H33N3O3. The van der Waals surface area contributed by atoms with Gasteiger partial charge in [0, 0.05) is 18.6 Å². The first kappa shape index (κ1) is 23.8. The summed E-state index contributed by atoms with van der Waals surface area (Å²) in [6.07, 6.45) is 5.84. The molecule has 2 aromatic rings. The number of hydrogen-bond acceptors (Lipinski definition) is 3. The van der Waals surface area contributed by atoms with Crippen LogP contribution in [-0.4, -0.2) is 53.2 Å². The number of fused-ring (bicyclic) bond motifs is 2. The molecule has 178 valence electrons. The first-order valence-electron chi connectivity index (χ1n) is 11.8. The lowest BCUT2D eigenvalue weighted by molar-refractivity contribution is -0.125. The number of nitrogens with one attached hydrogen (secondary N) is 2. The van der Waals surface area contributed by atoms with Crippen molar-refractivity contribution < 1.29 is 14.7 Å². The van der Waals surface area contributed by atoms with Gasteiger partial charge >= 0.3 is 6.03 Å². The normalized spacial score (nSPS) is 16.3. The maximum absolute atomic E-state index is 12.9. The van der Waals surface area contributed by atoms with Crippen LogP contribution < -0.4 is 10.6 Å². The Morgan fingerprint density at radius 3 is 1.97 bits per heavy atom. The Bertz CT molecular complexity index is 1080. The van der Waals surface area contributed by atoms with Gasteiger partial charge in [0.15, 0.2) is 0 Å². The van der Waals surface area contributed by atoms with Gasteiger partial charge in [0.25, 0.3) is 0 Å². The van der Waals surface area contributed by atoms with Gasteiger partial charge in [-0.2, -0.15) is 0 Å². The first-order chi connectivity index (χ1) is 16.3. The number of amides is 3. The quantitative estimate of drug-likeness (QED) is 0.553. The zero-order valence-corrected chi connectivity index (χ0v) is 20.1. The van der Waals surface area contributed by atoms with Gasteiger partial charge in [0.1, 0.15) is 6.04 Å². The van der Waals surface area contributed by atoms with Crippen molar-refractivity contribution in [3.8, 4) is 0 Å². The first-order valence-corrected chi connectivity index (χ1v) is 11.8. The number of carbonyl (C=O) groups is 2. The maximum Gasteiger partial charge on any atom is 0.318 e. The molecule has 4 rings (SSSR count). The molecule has 0 spiro atoms. The van der Waals surface area contributed by atoms with Crippen molar-refractivity contribution in [1.82, 2.24) is 15.5 Å². The van der Waals surface area contributed by atoms with E-state index in [1.807, 2.05) is 20.8 Å². The summed E-state index contributed by atoms with van der Waals surface area (Å²) in [5.74, 6) is -0.387. The Labute approximate surface area is 201 Å². The van der Waals surface area contributed by atoms with Gasteiger partial charge in [-0.1, -0.05) is 66.3 Å². The van der Waals surface area contributed by atoms with Crippen LogP contribution in [0.25, 0.3) is 17.7 Å². The zero-order valence-electron chi connectivity index (χ0n) is 20.1. The standard InChI is InChI=1S/C28H33N3O3/c1-28(2,3)30-26(33)24(18-32)29-27(34)31-16-14-21(15-17-31)25-22-10-6-4-8-19(22)12-13-20-9-5-7-11-23(20)25/h4-13,24,32H,14-18H2,1-3H3,(H,29,34)(H,30,33). The minimum atomic E-state index is -0.974. The van der Waals surface area contributed by atoms with Crippen molar-refractivity contribution in [1.29, 1.82) is 0 Å². The van der Waals surface area contributed by atoms with Gasteiger partial charge in [-0.15, -0.1) is 0 Å². The molecule has 0 bridgehead atoms. The van der Waals surface area contributed by atoms with Crippen LogP contribution in [-0.2, 0) is 4.79 Å². The molecule has 1 aliphatic carbocycles. The van der Waals surface area contributed by atoms with E-state index in [2.05, 4.69) is 71.3 Å². The van der Waals surface area contributed by atoms with Crippen LogP contribution in [0.3, 0.4) is 0 Å². The topological polar surface area (TPSA) is 81.7 Å². The van der Waals surface area contributed by atoms with Crippen molar-refractivity contribution in [2.75, 3.05) is 19.7 Å². The van der Waals surface area contributed by atoms with E-state index in [1.54, 1.807) is 4.90 Å². The largest absolute Gasteiger partial charge is 0.394 e. The molecule has 1 fully saturated rings. The molecule has 0 saturated carbocycles. The van der Waals surface area contributed by atoms with Crippen LogP contribution >= 0.6 is 0 Å². The number of likely N-dealkylation sites (tertiary alicyclic amines) is 1. The monoisotopic (exact) mass is 459 g/mol. The molecule has 6 heteroatoms. The number of hydrogen-bond donors (Lipinski definition) is 3. The summed E-state index contributed by atoms with van der Waals surface area (Å²) in [6.45, 7) is 6.25. The van der Waals surface area contributed by atoms with Crippen molar-refractivity contribution >= 4 is 29.7 Å². The maximum atomic E-state index is 12.9. The molecule has 2 aromatic carbocycles. The third kappa shape index (κ3) is 5.23. The Balaban J connectivity index is 1.52. The molecule has 3 N–H and O–H groups in total. The highest BCUT2D eigenvalue weighted by Crippen LogP contribution is 2.38. The SMILES string of the molecule is CC(C)(C)NC(=O)C(CO)NC(=O)N1CCC(=C2c3ccccc3C=Cc3ccccc32)CC1. The third-order valence-corrected chi connectivity index (χ3v) is 6.21. The van der Waals surface area contributed by atoms with Crippen LogP contribution in [0.4, 0.5) is 4.79 Å². The van der Waals surface area contributed by atoms with E-state index in [0.717, 1.165) is 12.8 Å². The molecule has 1 heterocycles. The fraction of sp³-hybridized carbons (Fsp3) is 0.357. The predicted molar refractivity (Wildman–Crippen MR) is 136 cm³/mol. The average Bonchev–Trinajstić information content (AvgIpc) is 2.98. The highest BCUT2D eigenvalue weighted by Gasteiger charge is 2.28. The highest BCUT2D eigenvalue weighted by molar-refractivity contribution is 5.95. The number of nitrogens with zero attached hydrogens (tertiary/aromatic N) is 1. The van der Waals surface area contributed by atoms with E-state index in [4.69, 9.17) is 0 Å². The Morgan fingerprint density at radius 1 is 0.941 bits per heavy atom. The molecule has 0 radical (unpaired) electrons. The van der Waals surface area contributed by atoms with Crippen molar-refractivity contribution in [2.45, 2.75) is 45.2 Å². The summed E-state index contributed by atoms with van der Waals surface area (Å²) < 4.78 is 0. The van der Waals surface area contributed by atoms with E-state index >= 15 is 0 Å². The van der Waals surface area contributed by atoms with Crippen LogP contribution in [0.5, 0.6) is 0 Å². The molecule has 34 heavy (non-hydrogen) atoms. The summed E-state index contributed by atoms with van der Waals surface area (Å²) in [4.78, 5) is 27.0. The fourth-order valence-corrected chi connectivity index (χ4v) is 4.57. The predicted octanol–water partition coefficient (Wildman–Crippen LogP) is 4.05. The summed E-state index contributed by atoms with van der Waals surface area (Å²) in [7, 11) is 0. The third-order valence-electron chi connectivity index (χ3n) is 6.21. The van der Waals surface area contributed by atoms with E-state index in [0.29, 0.717) is 13.1 Å². The lowest BCUT2D eigenvalue weighted by atomic mass is 9.86. The number of aliphatic hydroxyl groups excluding tert-OH is 1. The zero-order chi connectivity index (χ0) is 24.3. The minimum Gasteiger partial charge on any atom is -0.394 e. The number of carbonyl (C=O) groups excluding carboxylic acids is 2. The second-order valence-corrected chi connectivity index (χ2v) is 9.90. The smallest absolute Gasteiger partial charge is 0.318 e. The summed E-state index contributed by atoms with van der Waals surface area (Å²) in [5.41, 5.74) is 6.97. The van der Waals surface area contributed by atoms with Gasteiger partial charge in [-0.05, 0) is 61.4 Å². The lowest BCUT2D eigenvalue weighted by Crippen LogP contribution is -2.56. The van der Waals surface area contributed by atoms with Gasteiger partial charge in [0.05, 0.1) is 6.61 Å². The summed E-state index contributed by atoms with van der Waals surface area (Å²) >= 11 is 0. The van der Waals surface area contributed by atoms with Crippen LogP contribution in [0.2, 0.25) is 0 Å². The van der Waals surface area contributed by atoms with Crippen LogP contribution in [0, 0.1) is 0 Å². The summed E-state index contributed by atoms with van der Waals surface area (Å²) in [5, 5.41) is 15.2. The van der Waals surface area contributed by atoms with E-state index < -0.39 is 18.2 Å². The van der Waals surface area contributed by atoms with Gasteiger partial charge in [-0.3, -0.25) is 4.79 Å². The molecule has 1 aliphatic heterocycles. The highest BCUT2D eigenvalue weighted by atomic mass is 16.3. The molecule has 2 aliphatic rings. The number of piperidine rings is 1. The van der Waals surface area contributed by atoms with Crippen molar-refractivity contribution in [3.63, 3.8) is 0 Å². The number of aliphatic hydroxyl groups is 1. The Hall–Kier alpha value is -3.38. The molecule has 1 unspecified atom stereocenters. The van der Waals surface area contributed by atoms with Gasteiger partial charge in [0.2, 0.25) is 5.91 Å². The second kappa shape index (κ2) is 9.85. The average molecular weight is 460 g/mol. The minimum absolute atomic E-state index is 0.324. The van der Waals surface area contributed by atoms with E-state index in [1.165, 1.54) is 33.4 Å². The van der Waals surface area contributed by atoms with Gasteiger partial charge < -0.3 is 20.6 Å². The van der Waals surface area contributed by atoms with E-state index in [-0.39, 0.29) is 11.9 Å². The van der Waals surface area contributed by atoms with Crippen LogP contribution in [0.15, 0.2) is 54.1 Å². The van der Waals surface area contributed by atoms with Crippen molar-refractivity contribution in [3.05, 3.63) is 76.4 Å². The van der Waals surface area contributed by atoms with Crippen molar-refractivity contribution in [2.24, 2.45) is 0 Å². The molecular weight excluding hydrogens is 426 g/mol. The molecule has 1 saturated heterocycles. The molecule has 6 nitrogen and oxygen atoms in total. The van der Waals surface area contributed by atoms with Crippen LogP contribution in [0.1, 0.15) is 55.9 Å². The lowest BCUT2D eigenvalue weighted by Gasteiger charge is -2.32. The van der Waals surface area contributed by atoms with E-state index in [9.17, 15) is 14.7 Å². The second-order valence-electron chi connectivity index (χ2n) is 9.90. The molecule has 1 atom stereocenters. The Morgan fingerprint density at radius 2 is 1.47 bits per heavy atom. The number of benzene rings is 2. The number of rotatable bonds is 3. The van der Waals surface area contributed by atoms with Gasteiger partial charge in [-0.25, -0.2) is 4.79 Å². The Kier molecular flexibility index (Phi) is 6.89. The molecule has 3 amide bonds. The fourth-order valence-electron chi connectivity index (χ4n) is 4.57.